The summed E-state index contributed by atoms with van der Waals surface area (Å²) in [6.07, 6.45) is 1.70. The third kappa shape index (κ3) is 5.20. The lowest BCUT2D eigenvalue weighted by molar-refractivity contribution is -0.123. The molecular weight excluding hydrogens is 490 g/mol. The van der Waals surface area contributed by atoms with Crippen molar-refractivity contribution in [2.75, 3.05) is 6.61 Å². The molecule has 1 aliphatic rings. The zero-order valence-corrected chi connectivity index (χ0v) is 19.9. The number of imide groups is 1. The maximum absolute atomic E-state index is 12.5. The van der Waals surface area contributed by atoms with Crippen molar-refractivity contribution >= 4 is 56.5 Å². The highest BCUT2D eigenvalue weighted by Gasteiger charge is 2.36. The maximum Gasteiger partial charge on any atom is 0.293 e. The van der Waals surface area contributed by atoms with Crippen LogP contribution in [0.3, 0.4) is 0 Å². The first-order valence-corrected chi connectivity index (χ1v) is 11.4. The van der Waals surface area contributed by atoms with Gasteiger partial charge in [-0.25, -0.2) is 0 Å². The summed E-state index contributed by atoms with van der Waals surface area (Å²) in [7, 11) is 0. The van der Waals surface area contributed by atoms with Crippen LogP contribution in [-0.2, 0) is 11.4 Å². The number of hydrogen-bond donors (Lipinski definition) is 0. The normalized spacial score (nSPS) is 15.4. The molecule has 2 amide bonds. The fourth-order valence-corrected chi connectivity index (χ4v) is 4.55. The summed E-state index contributed by atoms with van der Waals surface area (Å²) >= 11 is 10.4. The minimum absolute atomic E-state index is 0.183. The van der Waals surface area contributed by atoms with Crippen molar-refractivity contribution in [3.8, 4) is 11.5 Å². The fraction of sp³-hybridized carbons (Fsp3) is 0.273. The summed E-state index contributed by atoms with van der Waals surface area (Å²) in [4.78, 5) is 26.3. The Balaban J connectivity index is 1.86. The van der Waals surface area contributed by atoms with E-state index < -0.39 is 0 Å². The fourth-order valence-electron chi connectivity index (χ4n) is 2.89. The van der Waals surface area contributed by atoms with Crippen LogP contribution in [0.1, 0.15) is 31.9 Å². The van der Waals surface area contributed by atoms with Gasteiger partial charge in [-0.15, -0.1) is 0 Å². The molecule has 158 valence electrons. The van der Waals surface area contributed by atoms with Crippen molar-refractivity contribution in [2.24, 2.45) is 0 Å². The van der Waals surface area contributed by atoms with Gasteiger partial charge in [-0.3, -0.25) is 14.5 Å². The minimum Gasteiger partial charge on any atom is -0.490 e. The second-order valence-electron chi connectivity index (χ2n) is 6.82. The highest BCUT2D eigenvalue weighted by molar-refractivity contribution is 9.10. The van der Waals surface area contributed by atoms with Crippen molar-refractivity contribution in [3.63, 3.8) is 0 Å². The average molecular weight is 511 g/mol. The van der Waals surface area contributed by atoms with E-state index in [1.54, 1.807) is 12.1 Å². The summed E-state index contributed by atoms with van der Waals surface area (Å²) in [6.45, 7) is 6.32. The van der Waals surface area contributed by atoms with E-state index in [1.165, 1.54) is 4.90 Å². The lowest BCUT2D eigenvalue weighted by atomic mass is 10.1. The number of rotatable bonds is 7. The van der Waals surface area contributed by atoms with Gasteiger partial charge in [0, 0.05) is 11.1 Å². The zero-order valence-electron chi connectivity index (χ0n) is 16.8. The van der Waals surface area contributed by atoms with E-state index in [0.29, 0.717) is 39.1 Å². The number of benzene rings is 2. The van der Waals surface area contributed by atoms with Crippen LogP contribution < -0.4 is 9.47 Å². The Morgan fingerprint density at radius 3 is 2.47 bits per heavy atom. The molecule has 2 aromatic rings. The Hall–Kier alpha value is -1.96. The van der Waals surface area contributed by atoms with Gasteiger partial charge in [0.25, 0.3) is 11.1 Å². The standard InChI is InChI=1S/C22H21BrClNO4S/c1-4-28-18-10-15(11-19-21(26)25(13(2)3)22(27)30-19)9-17(23)20(18)29-12-14-5-7-16(24)8-6-14/h5-11,13H,4,12H2,1-3H3/b19-11+. The predicted octanol–water partition coefficient (Wildman–Crippen LogP) is 6.52. The zero-order chi connectivity index (χ0) is 21.8. The number of carbonyl (C=O) groups is 2. The highest BCUT2D eigenvalue weighted by Crippen LogP contribution is 2.40. The second kappa shape index (κ2) is 9.90. The molecule has 0 bridgehead atoms. The third-order valence-electron chi connectivity index (χ3n) is 4.27. The molecule has 0 unspecified atom stereocenters. The molecule has 0 saturated carbocycles. The molecule has 5 nitrogen and oxygen atoms in total. The van der Waals surface area contributed by atoms with Gasteiger partial charge in [-0.2, -0.15) is 0 Å². The highest BCUT2D eigenvalue weighted by atomic mass is 79.9. The van der Waals surface area contributed by atoms with Gasteiger partial charge >= 0.3 is 0 Å². The first kappa shape index (κ1) is 22.7. The summed E-state index contributed by atoms with van der Waals surface area (Å²) in [6, 6.07) is 10.9. The lowest BCUT2D eigenvalue weighted by Crippen LogP contribution is -2.34. The Morgan fingerprint density at radius 2 is 1.87 bits per heavy atom. The van der Waals surface area contributed by atoms with Crippen molar-refractivity contribution in [2.45, 2.75) is 33.4 Å². The smallest absolute Gasteiger partial charge is 0.293 e. The van der Waals surface area contributed by atoms with Crippen molar-refractivity contribution in [1.29, 1.82) is 0 Å². The molecule has 1 saturated heterocycles. The minimum atomic E-state index is -0.280. The lowest BCUT2D eigenvalue weighted by Gasteiger charge is -2.16. The van der Waals surface area contributed by atoms with Gasteiger partial charge in [0.05, 0.1) is 16.0 Å². The van der Waals surface area contributed by atoms with Crippen LogP contribution in [0.4, 0.5) is 4.79 Å². The van der Waals surface area contributed by atoms with Gasteiger partial charge in [-0.1, -0.05) is 23.7 Å². The Morgan fingerprint density at radius 1 is 1.17 bits per heavy atom. The molecule has 0 radical (unpaired) electrons. The number of carbonyl (C=O) groups excluding carboxylic acids is 2. The van der Waals surface area contributed by atoms with Gasteiger partial charge in [0.1, 0.15) is 6.61 Å². The predicted molar refractivity (Wildman–Crippen MR) is 124 cm³/mol. The molecule has 0 aliphatic carbocycles. The quantitative estimate of drug-likeness (QED) is 0.397. The van der Waals surface area contributed by atoms with Crippen LogP contribution in [0, 0.1) is 0 Å². The molecule has 0 N–H and O–H groups in total. The molecule has 1 heterocycles. The van der Waals surface area contributed by atoms with Gasteiger partial charge in [0.2, 0.25) is 0 Å². The van der Waals surface area contributed by atoms with E-state index in [0.717, 1.165) is 22.9 Å². The number of nitrogens with zero attached hydrogens (tertiary/aromatic N) is 1. The average Bonchev–Trinajstić information content (AvgIpc) is 2.96. The van der Waals surface area contributed by atoms with Crippen LogP contribution in [0.25, 0.3) is 6.08 Å². The van der Waals surface area contributed by atoms with Crippen LogP contribution >= 0.6 is 39.3 Å². The molecule has 2 aromatic carbocycles. The van der Waals surface area contributed by atoms with E-state index >= 15 is 0 Å². The summed E-state index contributed by atoms with van der Waals surface area (Å²) < 4.78 is 12.4. The van der Waals surface area contributed by atoms with Crippen LogP contribution in [0.5, 0.6) is 11.5 Å². The van der Waals surface area contributed by atoms with Gasteiger partial charge in [-0.05, 0) is 89.9 Å². The number of hydrogen-bond acceptors (Lipinski definition) is 5. The monoisotopic (exact) mass is 509 g/mol. The summed E-state index contributed by atoms with van der Waals surface area (Å²) in [5.41, 5.74) is 1.71. The van der Waals surface area contributed by atoms with Crippen molar-refractivity contribution < 1.29 is 19.1 Å². The molecule has 0 spiro atoms. The Labute approximate surface area is 193 Å². The second-order valence-corrected chi connectivity index (χ2v) is 9.11. The van der Waals surface area contributed by atoms with Crippen LogP contribution in [0.15, 0.2) is 45.8 Å². The van der Waals surface area contributed by atoms with Crippen LogP contribution in [0.2, 0.25) is 5.02 Å². The van der Waals surface area contributed by atoms with Crippen molar-refractivity contribution in [1.82, 2.24) is 4.90 Å². The van der Waals surface area contributed by atoms with E-state index in [2.05, 4.69) is 15.9 Å². The van der Waals surface area contributed by atoms with E-state index in [-0.39, 0.29) is 17.2 Å². The molecular formula is C22H21BrClNO4S. The molecule has 1 aliphatic heterocycles. The largest absolute Gasteiger partial charge is 0.490 e. The first-order chi connectivity index (χ1) is 14.3. The van der Waals surface area contributed by atoms with Gasteiger partial charge < -0.3 is 9.47 Å². The van der Waals surface area contributed by atoms with Crippen molar-refractivity contribution in [3.05, 3.63) is 61.9 Å². The summed E-state index contributed by atoms with van der Waals surface area (Å²) in [5, 5.41) is 0.412. The third-order valence-corrected chi connectivity index (χ3v) is 5.99. The van der Waals surface area contributed by atoms with E-state index in [4.69, 9.17) is 21.1 Å². The SMILES string of the molecule is CCOc1cc(/C=C2/SC(=O)N(C(C)C)C2=O)cc(Br)c1OCc1ccc(Cl)cc1. The van der Waals surface area contributed by atoms with Crippen LogP contribution in [-0.4, -0.2) is 28.7 Å². The van der Waals surface area contributed by atoms with E-state index in [9.17, 15) is 9.59 Å². The molecule has 1 fully saturated rings. The molecule has 0 atom stereocenters. The van der Waals surface area contributed by atoms with E-state index in [1.807, 2.05) is 51.1 Å². The molecule has 8 heteroatoms. The Kier molecular flexibility index (Phi) is 7.50. The molecule has 30 heavy (non-hydrogen) atoms. The number of halogens is 2. The topological polar surface area (TPSA) is 55.8 Å². The molecule has 3 rings (SSSR count). The molecule has 0 aromatic heterocycles. The number of ether oxygens (including phenoxy) is 2. The maximum atomic E-state index is 12.5. The van der Waals surface area contributed by atoms with Gasteiger partial charge in [0.15, 0.2) is 11.5 Å². The Bertz CT molecular complexity index is 991. The first-order valence-electron chi connectivity index (χ1n) is 9.40. The summed E-state index contributed by atoms with van der Waals surface area (Å²) in [5.74, 6) is 0.839. The number of thioether (sulfide) groups is 1. The number of amides is 2.